The van der Waals surface area contributed by atoms with Crippen LogP contribution in [0, 0.1) is 0 Å². The second kappa shape index (κ2) is 11.6. The molecule has 0 atom stereocenters. The highest BCUT2D eigenvalue weighted by molar-refractivity contribution is 5.84. The van der Waals surface area contributed by atoms with Crippen LogP contribution in [0.5, 0.6) is 0 Å². The molecule has 0 unspecified atom stereocenters. The van der Waals surface area contributed by atoms with Gasteiger partial charge in [0, 0.05) is 62.9 Å². The molecule has 40 heavy (non-hydrogen) atoms. The maximum atomic E-state index is 13.1. The lowest BCUT2D eigenvalue weighted by Crippen LogP contribution is -2.51. The van der Waals surface area contributed by atoms with Gasteiger partial charge in [0.2, 0.25) is 5.91 Å². The molecule has 2 aromatic carbocycles. The van der Waals surface area contributed by atoms with Crippen molar-refractivity contribution in [1.29, 1.82) is 0 Å². The van der Waals surface area contributed by atoms with Gasteiger partial charge in [-0.05, 0) is 30.5 Å². The normalized spacial score (nSPS) is 15.4. The Morgan fingerprint density at radius 2 is 1.60 bits per heavy atom. The largest absolute Gasteiger partial charge is 0.445 e. The lowest BCUT2D eigenvalue weighted by Gasteiger charge is -2.34. The summed E-state index contributed by atoms with van der Waals surface area (Å²) in [5, 5.41) is 3.34. The number of anilines is 2. The van der Waals surface area contributed by atoms with Crippen LogP contribution in [0.1, 0.15) is 18.4 Å². The van der Waals surface area contributed by atoms with Crippen LogP contribution in [0.25, 0.3) is 16.9 Å². The smallest absolute Gasteiger partial charge is 0.410 e. The van der Waals surface area contributed by atoms with Crippen LogP contribution in [0.3, 0.4) is 0 Å². The number of amides is 2. The minimum Gasteiger partial charge on any atom is -0.445 e. The van der Waals surface area contributed by atoms with Crippen molar-refractivity contribution in [2.45, 2.75) is 19.4 Å². The number of piperazine rings is 1. The third-order valence-corrected chi connectivity index (χ3v) is 7.54. The molecule has 2 aliphatic heterocycles. The van der Waals surface area contributed by atoms with Gasteiger partial charge in [-0.1, -0.05) is 42.5 Å². The topological polar surface area (TPSA) is 95.3 Å². The summed E-state index contributed by atoms with van der Waals surface area (Å²) >= 11 is 0. The zero-order valence-corrected chi connectivity index (χ0v) is 22.4. The zero-order valence-electron chi connectivity index (χ0n) is 22.4. The minimum absolute atomic E-state index is 0.0309. The van der Waals surface area contributed by atoms with Crippen molar-refractivity contribution in [2.24, 2.45) is 0 Å². The fourth-order valence-electron chi connectivity index (χ4n) is 5.30. The summed E-state index contributed by atoms with van der Waals surface area (Å²) in [6.45, 7) is 4.35. The number of hydrogen-bond donors (Lipinski definition) is 1. The average molecular weight is 540 g/mol. The number of hydrogen-bond acceptors (Lipinski definition) is 7. The fraction of sp³-hybridized carbons (Fsp3) is 0.333. The zero-order chi connectivity index (χ0) is 27.3. The first-order chi connectivity index (χ1) is 19.7. The molecule has 2 aromatic heterocycles. The quantitative estimate of drug-likeness (QED) is 0.381. The molecule has 4 heterocycles. The van der Waals surface area contributed by atoms with Crippen LogP contribution in [-0.2, 0) is 16.1 Å². The van der Waals surface area contributed by atoms with Crippen molar-refractivity contribution >= 4 is 29.2 Å². The van der Waals surface area contributed by atoms with Crippen molar-refractivity contribution in [3.05, 3.63) is 78.8 Å². The van der Waals surface area contributed by atoms with Crippen LogP contribution in [0.15, 0.2) is 73.2 Å². The molecule has 2 fully saturated rings. The number of fused-ring (bicyclic) bond motifs is 1. The number of carbonyl (C=O) groups excluding carboxylic acids is 2. The summed E-state index contributed by atoms with van der Waals surface area (Å²) < 4.78 is 7.37. The van der Waals surface area contributed by atoms with Gasteiger partial charge in [0.25, 0.3) is 0 Å². The Morgan fingerprint density at radius 1 is 0.875 bits per heavy atom. The standard InChI is InChI=1S/C30H33N7O3/c38-27(35-16-18-36(19-17-35)30(39)40-22-23-6-2-1-3-7-23)21-32-29-28(33-26-20-31-12-15-37(26)29)24-8-10-25(11-9-24)34-13-4-5-14-34/h1-3,6-12,15,20,32H,4-5,13-14,16-19,21-22H2. The lowest BCUT2D eigenvalue weighted by molar-refractivity contribution is -0.130. The Labute approximate surface area is 233 Å². The predicted octanol–water partition coefficient (Wildman–Crippen LogP) is 3.89. The first-order valence-electron chi connectivity index (χ1n) is 13.8. The Hall–Kier alpha value is -4.60. The van der Waals surface area contributed by atoms with E-state index in [-0.39, 0.29) is 25.2 Å². The van der Waals surface area contributed by atoms with Crippen molar-refractivity contribution in [3.8, 4) is 11.3 Å². The molecule has 0 spiro atoms. The van der Waals surface area contributed by atoms with Gasteiger partial charge in [-0.15, -0.1) is 0 Å². The van der Waals surface area contributed by atoms with Crippen molar-refractivity contribution < 1.29 is 14.3 Å². The summed E-state index contributed by atoms with van der Waals surface area (Å²) in [5.41, 5.74) is 4.63. The van der Waals surface area contributed by atoms with Crippen LogP contribution < -0.4 is 10.2 Å². The molecule has 10 nitrogen and oxygen atoms in total. The first-order valence-corrected chi connectivity index (χ1v) is 13.8. The second-order valence-corrected chi connectivity index (χ2v) is 10.1. The molecule has 2 saturated heterocycles. The highest BCUT2D eigenvalue weighted by Crippen LogP contribution is 2.31. The highest BCUT2D eigenvalue weighted by Gasteiger charge is 2.25. The number of rotatable bonds is 7. The summed E-state index contributed by atoms with van der Waals surface area (Å²) in [6.07, 6.45) is 7.38. The number of aromatic nitrogens is 3. The van der Waals surface area contributed by atoms with E-state index in [1.165, 1.54) is 18.5 Å². The molecule has 0 aliphatic carbocycles. The van der Waals surface area contributed by atoms with E-state index in [4.69, 9.17) is 9.72 Å². The van der Waals surface area contributed by atoms with Crippen LogP contribution in [0.4, 0.5) is 16.3 Å². The highest BCUT2D eigenvalue weighted by atomic mass is 16.6. The SMILES string of the molecule is O=C(CNc1c(-c2ccc(N3CCCC3)cc2)nc2cnccn12)N1CCN(C(=O)OCc2ccccc2)CC1. The molecule has 4 aromatic rings. The Bertz CT molecular complexity index is 1460. The molecular weight excluding hydrogens is 506 g/mol. The molecule has 6 rings (SSSR count). The van der Waals surface area contributed by atoms with E-state index in [1.54, 1.807) is 22.2 Å². The number of carbonyl (C=O) groups is 2. The second-order valence-electron chi connectivity index (χ2n) is 10.1. The molecule has 2 amide bonds. The van der Waals surface area contributed by atoms with E-state index in [1.807, 2.05) is 40.9 Å². The van der Waals surface area contributed by atoms with E-state index >= 15 is 0 Å². The van der Waals surface area contributed by atoms with E-state index in [2.05, 4.69) is 39.5 Å². The third-order valence-electron chi connectivity index (χ3n) is 7.54. The summed E-state index contributed by atoms with van der Waals surface area (Å²) in [4.78, 5) is 40.5. The summed E-state index contributed by atoms with van der Waals surface area (Å²) in [5.74, 6) is 0.722. The first kappa shape index (κ1) is 25.7. The van der Waals surface area contributed by atoms with E-state index in [0.717, 1.165) is 35.7 Å². The lowest BCUT2D eigenvalue weighted by atomic mass is 10.1. The summed E-state index contributed by atoms with van der Waals surface area (Å²) in [6, 6.07) is 18.1. The van der Waals surface area contributed by atoms with Gasteiger partial charge in [-0.2, -0.15) is 0 Å². The van der Waals surface area contributed by atoms with Gasteiger partial charge in [-0.3, -0.25) is 14.2 Å². The number of nitrogens with one attached hydrogen (secondary N) is 1. The molecule has 0 bridgehead atoms. The minimum atomic E-state index is -0.353. The van der Waals surface area contributed by atoms with Gasteiger partial charge in [0.05, 0.1) is 12.7 Å². The molecule has 206 valence electrons. The van der Waals surface area contributed by atoms with Gasteiger partial charge < -0.3 is 24.8 Å². The molecule has 2 aliphatic rings. The fourth-order valence-corrected chi connectivity index (χ4v) is 5.30. The maximum absolute atomic E-state index is 13.1. The van der Waals surface area contributed by atoms with Gasteiger partial charge in [0.1, 0.15) is 18.1 Å². The molecule has 10 heteroatoms. The Balaban J connectivity index is 1.08. The number of nitrogens with zero attached hydrogens (tertiary/aromatic N) is 6. The van der Waals surface area contributed by atoms with E-state index in [0.29, 0.717) is 31.8 Å². The molecule has 1 N–H and O–H groups in total. The number of ether oxygens (including phenoxy) is 1. The van der Waals surface area contributed by atoms with E-state index < -0.39 is 0 Å². The third kappa shape index (κ3) is 5.56. The van der Waals surface area contributed by atoms with Crippen molar-refractivity contribution in [2.75, 3.05) is 56.0 Å². The molecule has 0 radical (unpaired) electrons. The van der Waals surface area contributed by atoms with Crippen LogP contribution in [-0.4, -0.2) is 82.0 Å². The summed E-state index contributed by atoms with van der Waals surface area (Å²) in [7, 11) is 0. The van der Waals surface area contributed by atoms with Crippen LogP contribution in [0.2, 0.25) is 0 Å². The van der Waals surface area contributed by atoms with Gasteiger partial charge >= 0.3 is 6.09 Å². The molecular formula is C30H33N7O3. The van der Waals surface area contributed by atoms with E-state index in [9.17, 15) is 9.59 Å². The number of benzene rings is 2. The monoisotopic (exact) mass is 539 g/mol. The maximum Gasteiger partial charge on any atom is 0.410 e. The van der Waals surface area contributed by atoms with Gasteiger partial charge in [-0.25, -0.2) is 9.78 Å². The van der Waals surface area contributed by atoms with Gasteiger partial charge in [0.15, 0.2) is 5.65 Å². The Morgan fingerprint density at radius 3 is 2.35 bits per heavy atom. The average Bonchev–Trinajstić information content (AvgIpc) is 3.68. The van der Waals surface area contributed by atoms with Crippen molar-refractivity contribution in [1.82, 2.24) is 24.2 Å². The number of imidazole rings is 1. The molecule has 0 saturated carbocycles. The van der Waals surface area contributed by atoms with Crippen LogP contribution >= 0.6 is 0 Å². The Kier molecular flexibility index (Phi) is 7.47. The predicted molar refractivity (Wildman–Crippen MR) is 153 cm³/mol. The van der Waals surface area contributed by atoms with Crippen molar-refractivity contribution in [3.63, 3.8) is 0 Å².